The van der Waals surface area contributed by atoms with Crippen molar-refractivity contribution in [3.63, 3.8) is 0 Å². The van der Waals surface area contributed by atoms with Crippen LogP contribution in [-0.2, 0) is 17.8 Å². The molecule has 0 fully saturated rings. The predicted octanol–water partition coefficient (Wildman–Crippen LogP) is 4.55. The van der Waals surface area contributed by atoms with Crippen LogP contribution in [0, 0.1) is 0 Å². The Hall–Kier alpha value is -1.33. The maximum Gasteiger partial charge on any atom is 0.220 e. The molecule has 0 saturated carbocycles. The van der Waals surface area contributed by atoms with Crippen LogP contribution in [0.15, 0.2) is 40.2 Å². The van der Waals surface area contributed by atoms with Gasteiger partial charge in [0.2, 0.25) is 5.91 Å². The number of nitrogens with one attached hydrogen (secondary N) is 1. The van der Waals surface area contributed by atoms with E-state index in [1.165, 1.54) is 4.88 Å². The Morgan fingerprint density at radius 2 is 2.18 bits per heavy atom. The molecular weight excluding hydrogens is 362 g/mol. The van der Waals surface area contributed by atoms with Crippen LogP contribution in [0.25, 0.3) is 0 Å². The van der Waals surface area contributed by atoms with Crippen LogP contribution < -0.4 is 10.1 Å². The first-order valence-corrected chi connectivity index (χ1v) is 8.95. The fourth-order valence-corrected chi connectivity index (χ4v) is 3.47. The number of amides is 1. The van der Waals surface area contributed by atoms with Gasteiger partial charge in [-0.15, -0.1) is 11.3 Å². The quantitative estimate of drug-likeness (QED) is 0.763. The van der Waals surface area contributed by atoms with E-state index in [1.54, 1.807) is 11.3 Å². The lowest BCUT2D eigenvalue weighted by Crippen LogP contribution is -2.22. The van der Waals surface area contributed by atoms with Gasteiger partial charge in [0.25, 0.3) is 0 Å². The molecule has 1 amide bonds. The number of hydrogen-bond acceptors (Lipinski definition) is 3. The van der Waals surface area contributed by atoms with E-state index in [2.05, 4.69) is 27.3 Å². The number of carbonyl (C=O) groups is 1. The summed E-state index contributed by atoms with van der Waals surface area (Å²) in [5, 5.41) is 4.99. The number of thiophene rings is 1. The minimum atomic E-state index is 0.0692. The van der Waals surface area contributed by atoms with E-state index in [0.717, 1.165) is 22.2 Å². The van der Waals surface area contributed by atoms with Gasteiger partial charge >= 0.3 is 0 Å². The molecule has 0 aliphatic carbocycles. The summed E-state index contributed by atoms with van der Waals surface area (Å²) in [7, 11) is 0. The molecular formula is C17H20BrNO2S. The third kappa shape index (κ3) is 5.81. The molecule has 0 unspecified atom stereocenters. The van der Waals surface area contributed by atoms with E-state index in [0.29, 0.717) is 13.0 Å². The van der Waals surface area contributed by atoms with E-state index < -0.39 is 0 Å². The summed E-state index contributed by atoms with van der Waals surface area (Å²) in [4.78, 5) is 13.1. The van der Waals surface area contributed by atoms with Crippen LogP contribution in [-0.4, -0.2) is 12.0 Å². The van der Waals surface area contributed by atoms with Crippen LogP contribution in [0.5, 0.6) is 5.75 Å². The van der Waals surface area contributed by atoms with Gasteiger partial charge in [0.05, 0.1) is 6.10 Å². The van der Waals surface area contributed by atoms with Crippen molar-refractivity contribution in [1.29, 1.82) is 0 Å². The van der Waals surface area contributed by atoms with Crippen molar-refractivity contribution < 1.29 is 9.53 Å². The van der Waals surface area contributed by atoms with Crippen molar-refractivity contribution in [2.75, 3.05) is 0 Å². The first-order valence-electron chi connectivity index (χ1n) is 7.28. The third-order valence-corrected chi connectivity index (χ3v) is 4.74. The van der Waals surface area contributed by atoms with Gasteiger partial charge in [0.15, 0.2) is 0 Å². The molecule has 2 aromatic rings. The zero-order valence-electron chi connectivity index (χ0n) is 12.8. The number of benzene rings is 1. The van der Waals surface area contributed by atoms with Crippen LogP contribution >= 0.6 is 27.3 Å². The Balaban J connectivity index is 1.78. The maximum atomic E-state index is 11.9. The molecule has 1 aromatic carbocycles. The molecule has 1 N–H and O–H groups in total. The van der Waals surface area contributed by atoms with Gasteiger partial charge < -0.3 is 10.1 Å². The first-order chi connectivity index (χ1) is 10.5. The first kappa shape index (κ1) is 17.0. The predicted molar refractivity (Wildman–Crippen MR) is 94.4 cm³/mol. The van der Waals surface area contributed by atoms with Crippen LogP contribution in [0.4, 0.5) is 0 Å². The molecule has 118 valence electrons. The largest absolute Gasteiger partial charge is 0.491 e. The number of ether oxygens (including phenoxy) is 1. The van der Waals surface area contributed by atoms with Crippen LogP contribution in [0.2, 0.25) is 0 Å². The van der Waals surface area contributed by atoms with Crippen molar-refractivity contribution in [1.82, 2.24) is 5.32 Å². The average molecular weight is 382 g/mol. The highest BCUT2D eigenvalue weighted by atomic mass is 79.9. The van der Waals surface area contributed by atoms with Gasteiger partial charge in [0.1, 0.15) is 5.75 Å². The summed E-state index contributed by atoms with van der Waals surface area (Å²) in [6, 6.07) is 9.90. The average Bonchev–Trinajstić information content (AvgIpc) is 2.88. The zero-order chi connectivity index (χ0) is 15.9. The molecule has 0 saturated heterocycles. The van der Waals surface area contributed by atoms with E-state index in [4.69, 9.17) is 4.74 Å². The Kier molecular flexibility index (Phi) is 6.46. The summed E-state index contributed by atoms with van der Waals surface area (Å²) in [6.45, 7) is 4.52. The molecule has 0 spiro atoms. The van der Waals surface area contributed by atoms with Gasteiger partial charge in [-0.25, -0.2) is 0 Å². The van der Waals surface area contributed by atoms with Crippen molar-refractivity contribution in [3.05, 3.63) is 50.6 Å². The Morgan fingerprint density at radius 1 is 1.36 bits per heavy atom. The monoisotopic (exact) mass is 381 g/mol. The Labute approximate surface area is 143 Å². The standard InChI is InChI=1S/C17H20BrNO2S/c1-12(2)21-15-5-3-4-13(8-15)10-19-17(20)7-6-16-9-14(18)11-22-16/h3-5,8-9,11-12H,6-7,10H2,1-2H3,(H,19,20). The number of rotatable bonds is 7. The molecule has 5 heteroatoms. The maximum absolute atomic E-state index is 11.9. The summed E-state index contributed by atoms with van der Waals surface area (Å²) >= 11 is 5.09. The minimum Gasteiger partial charge on any atom is -0.491 e. The van der Waals surface area contributed by atoms with E-state index in [9.17, 15) is 4.79 Å². The second-order valence-corrected chi connectivity index (χ2v) is 7.23. The SMILES string of the molecule is CC(C)Oc1cccc(CNC(=O)CCc2cc(Br)cs2)c1. The molecule has 0 bridgehead atoms. The molecule has 2 rings (SSSR count). The van der Waals surface area contributed by atoms with Crippen molar-refractivity contribution in [3.8, 4) is 5.75 Å². The third-order valence-electron chi connectivity index (χ3n) is 2.98. The molecule has 0 aliphatic heterocycles. The minimum absolute atomic E-state index is 0.0692. The van der Waals surface area contributed by atoms with Crippen molar-refractivity contribution >= 4 is 33.2 Å². The second kappa shape index (κ2) is 8.34. The van der Waals surface area contributed by atoms with Gasteiger partial charge in [-0.05, 0) is 60.0 Å². The van der Waals surface area contributed by atoms with Gasteiger partial charge in [-0.2, -0.15) is 0 Å². The van der Waals surface area contributed by atoms with Crippen molar-refractivity contribution in [2.45, 2.75) is 39.3 Å². The molecule has 0 atom stereocenters. The summed E-state index contributed by atoms with van der Waals surface area (Å²) < 4.78 is 6.73. The Bertz CT molecular complexity index is 625. The van der Waals surface area contributed by atoms with E-state index in [-0.39, 0.29) is 12.0 Å². The molecule has 22 heavy (non-hydrogen) atoms. The smallest absolute Gasteiger partial charge is 0.220 e. The summed E-state index contributed by atoms with van der Waals surface area (Å²) in [6.07, 6.45) is 1.43. The molecule has 1 aromatic heterocycles. The van der Waals surface area contributed by atoms with Gasteiger partial charge in [0, 0.05) is 27.7 Å². The second-order valence-electron chi connectivity index (χ2n) is 5.32. The lowest BCUT2D eigenvalue weighted by molar-refractivity contribution is -0.121. The zero-order valence-corrected chi connectivity index (χ0v) is 15.2. The number of carbonyl (C=O) groups excluding carboxylic acids is 1. The van der Waals surface area contributed by atoms with E-state index in [1.807, 2.05) is 43.5 Å². The molecule has 1 heterocycles. The lowest BCUT2D eigenvalue weighted by Gasteiger charge is -2.11. The van der Waals surface area contributed by atoms with Crippen LogP contribution in [0.1, 0.15) is 30.7 Å². The number of aryl methyl sites for hydroxylation is 1. The summed E-state index contributed by atoms with van der Waals surface area (Å²) in [5.41, 5.74) is 1.05. The lowest BCUT2D eigenvalue weighted by atomic mass is 10.2. The number of halogens is 1. The van der Waals surface area contributed by atoms with E-state index >= 15 is 0 Å². The van der Waals surface area contributed by atoms with Gasteiger partial charge in [-0.1, -0.05) is 12.1 Å². The number of hydrogen-bond donors (Lipinski definition) is 1. The van der Waals surface area contributed by atoms with Crippen molar-refractivity contribution in [2.24, 2.45) is 0 Å². The van der Waals surface area contributed by atoms with Crippen LogP contribution in [0.3, 0.4) is 0 Å². The molecule has 0 aliphatic rings. The normalized spacial score (nSPS) is 10.7. The molecule has 3 nitrogen and oxygen atoms in total. The highest BCUT2D eigenvalue weighted by Crippen LogP contribution is 2.21. The molecule has 0 radical (unpaired) electrons. The highest BCUT2D eigenvalue weighted by molar-refractivity contribution is 9.10. The Morgan fingerprint density at radius 3 is 2.86 bits per heavy atom. The fraction of sp³-hybridized carbons (Fsp3) is 0.353. The topological polar surface area (TPSA) is 38.3 Å². The fourth-order valence-electron chi connectivity index (χ4n) is 2.01. The summed E-state index contributed by atoms with van der Waals surface area (Å²) in [5.74, 6) is 0.907. The van der Waals surface area contributed by atoms with Gasteiger partial charge in [-0.3, -0.25) is 4.79 Å². The highest BCUT2D eigenvalue weighted by Gasteiger charge is 2.05.